The molecule has 47 heavy (non-hydrogen) atoms. The lowest BCUT2D eigenvalue weighted by Crippen LogP contribution is -2.49. The van der Waals surface area contributed by atoms with Crippen LogP contribution in [0.3, 0.4) is 0 Å². The third-order valence-corrected chi connectivity index (χ3v) is 10.5. The number of ether oxygens (including phenoxy) is 2. The summed E-state index contributed by atoms with van der Waals surface area (Å²) in [5.41, 5.74) is 6.48. The van der Waals surface area contributed by atoms with E-state index in [9.17, 15) is 19.1 Å². The van der Waals surface area contributed by atoms with E-state index in [1.54, 1.807) is 35.7 Å². The zero-order valence-electron chi connectivity index (χ0n) is 25.9. The Bertz CT molecular complexity index is 1950. The standard InChI is InChI=1S/C35H35ClFN5O5/c1-34(33(38)44)17-46-31-24(34)15-28(40-30(31)19-7-10-25(36)26(37)12-19)35(45,21-3-2-4-21)16-39-32(43)20-11-22-14-27(18-5-6-18)41-42(22)29(13-20)47-23-8-9-23/h7,10-15,18,21,23,45H,2-6,8-9,16-17H2,1H3,(H2,38,44)(H,39,43)/t34-,35+/m0/s1. The lowest BCUT2D eigenvalue weighted by atomic mass is 9.70. The average molecular weight is 660 g/mol. The zero-order chi connectivity index (χ0) is 32.7. The number of pyridine rings is 2. The third kappa shape index (κ3) is 5.20. The first-order valence-electron chi connectivity index (χ1n) is 16.2. The number of aromatic nitrogens is 3. The second-order valence-corrected chi connectivity index (χ2v) is 14.1. The summed E-state index contributed by atoms with van der Waals surface area (Å²) in [4.78, 5) is 31.3. The van der Waals surface area contributed by atoms with Crippen molar-refractivity contribution in [3.05, 3.63) is 75.8 Å². The largest absolute Gasteiger partial charge is 0.489 e. The normalized spacial score (nSPS) is 21.9. The van der Waals surface area contributed by atoms with Crippen LogP contribution in [-0.4, -0.2) is 50.8 Å². The number of carbonyl (C=O) groups excluding carboxylic acids is 2. The second kappa shape index (κ2) is 10.9. The van der Waals surface area contributed by atoms with Gasteiger partial charge >= 0.3 is 0 Å². The molecule has 244 valence electrons. The summed E-state index contributed by atoms with van der Waals surface area (Å²) in [6.45, 7) is 1.49. The molecule has 0 spiro atoms. The van der Waals surface area contributed by atoms with E-state index in [1.165, 1.54) is 12.1 Å². The number of amides is 2. The second-order valence-electron chi connectivity index (χ2n) is 13.7. The monoisotopic (exact) mass is 659 g/mol. The summed E-state index contributed by atoms with van der Waals surface area (Å²) in [6, 6.07) is 11.4. The third-order valence-electron chi connectivity index (χ3n) is 10.2. The Morgan fingerprint density at radius 2 is 1.96 bits per heavy atom. The molecule has 4 aliphatic rings. The first-order valence-corrected chi connectivity index (χ1v) is 16.6. The van der Waals surface area contributed by atoms with Crippen LogP contribution in [0.15, 0.2) is 42.5 Å². The molecule has 10 nitrogen and oxygen atoms in total. The van der Waals surface area contributed by atoms with Crippen molar-refractivity contribution in [3.63, 3.8) is 0 Å². The van der Waals surface area contributed by atoms with Gasteiger partial charge < -0.3 is 25.6 Å². The Balaban J connectivity index is 1.16. The molecule has 4 heterocycles. The van der Waals surface area contributed by atoms with E-state index >= 15 is 0 Å². The minimum Gasteiger partial charge on any atom is -0.489 e. The van der Waals surface area contributed by atoms with Crippen molar-refractivity contribution in [1.29, 1.82) is 0 Å². The number of nitrogens with one attached hydrogen (secondary N) is 1. The molecular formula is C35H35ClFN5O5. The van der Waals surface area contributed by atoms with Crippen molar-refractivity contribution in [2.24, 2.45) is 11.7 Å². The van der Waals surface area contributed by atoms with Crippen LogP contribution in [0.5, 0.6) is 11.6 Å². The number of primary amides is 1. The maximum Gasteiger partial charge on any atom is 0.251 e. The van der Waals surface area contributed by atoms with Gasteiger partial charge in [-0.3, -0.25) is 9.59 Å². The summed E-state index contributed by atoms with van der Waals surface area (Å²) in [5, 5.41) is 20.1. The number of halogens is 2. The Morgan fingerprint density at radius 3 is 2.62 bits per heavy atom. The van der Waals surface area contributed by atoms with E-state index < -0.39 is 22.7 Å². The van der Waals surface area contributed by atoms with Gasteiger partial charge in [0.2, 0.25) is 11.8 Å². The molecular weight excluding hydrogens is 625 g/mol. The Kier molecular flexibility index (Phi) is 7.00. The molecule has 1 aliphatic heterocycles. The molecule has 0 radical (unpaired) electrons. The maximum absolute atomic E-state index is 14.7. The molecule has 0 bridgehead atoms. The van der Waals surface area contributed by atoms with Crippen molar-refractivity contribution in [2.45, 2.75) is 74.9 Å². The number of hydrogen-bond acceptors (Lipinski definition) is 7. The number of nitrogens with two attached hydrogens (primary N) is 1. The van der Waals surface area contributed by atoms with Gasteiger partial charge in [0.05, 0.1) is 28.5 Å². The van der Waals surface area contributed by atoms with Crippen molar-refractivity contribution < 1.29 is 28.6 Å². The summed E-state index contributed by atoms with van der Waals surface area (Å²) in [5.74, 6) is -0.613. The highest BCUT2D eigenvalue weighted by Gasteiger charge is 2.48. The van der Waals surface area contributed by atoms with Crippen molar-refractivity contribution in [1.82, 2.24) is 19.9 Å². The SMILES string of the molecule is C[C@]1(C(N)=O)COc2c1cc([C@@](O)(CNC(=O)c1cc(OC3CC3)n3nc(C4CC4)cc3c1)C1CCC1)nc2-c1ccc(Cl)c(F)c1. The Labute approximate surface area is 275 Å². The summed E-state index contributed by atoms with van der Waals surface area (Å²) in [7, 11) is 0. The highest BCUT2D eigenvalue weighted by Crippen LogP contribution is 2.49. The molecule has 0 unspecified atom stereocenters. The molecule has 8 rings (SSSR count). The lowest BCUT2D eigenvalue weighted by molar-refractivity contribution is -0.123. The molecule has 0 saturated heterocycles. The Hall–Kier alpha value is -4.22. The fourth-order valence-corrected chi connectivity index (χ4v) is 6.65. The van der Waals surface area contributed by atoms with Gasteiger partial charge in [-0.1, -0.05) is 24.1 Å². The summed E-state index contributed by atoms with van der Waals surface area (Å²) in [6.07, 6.45) is 6.57. The highest BCUT2D eigenvalue weighted by atomic mass is 35.5. The van der Waals surface area contributed by atoms with E-state index in [-0.39, 0.29) is 47.5 Å². The molecule has 3 aliphatic carbocycles. The van der Waals surface area contributed by atoms with Gasteiger partial charge in [-0.25, -0.2) is 13.9 Å². The van der Waals surface area contributed by atoms with Gasteiger partial charge in [-0.05, 0) is 81.7 Å². The van der Waals surface area contributed by atoms with Crippen LogP contribution in [0.2, 0.25) is 5.02 Å². The van der Waals surface area contributed by atoms with Gasteiger partial charge in [-0.2, -0.15) is 5.10 Å². The molecule has 3 fully saturated rings. The predicted octanol–water partition coefficient (Wildman–Crippen LogP) is 5.16. The summed E-state index contributed by atoms with van der Waals surface area (Å²) < 4.78 is 28.5. The van der Waals surface area contributed by atoms with Crippen molar-refractivity contribution >= 4 is 28.9 Å². The number of aliphatic hydroxyl groups is 1. The molecule has 2 atom stereocenters. The van der Waals surface area contributed by atoms with Gasteiger partial charge in [0, 0.05) is 28.7 Å². The number of nitrogens with zero attached hydrogens (tertiary/aromatic N) is 3. The van der Waals surface area contributed by atoms with Crippen LogP contribution >= 0.6 is 11.6 Å². The smallest absolute Gasteiger partial charge is 0.251 e. The molecule has 3 aromatic heterocycles. The molecule has 4 aromatic rings. The molecule has 2 amide bonds. The number of hydrogen-bond donors (Lipinski definition) is 3. The van der Waals surface area contributed by atoms with E-state index in [1.807, 2.05) is 6.07 Å². The van der Waals surface area contributed by atoms with Crippen molar-refractivity contribution in [2.75, 3.05) is 13.2 Å². The van der Waals surface area contributed by atoms with Gasteiger partial charge in [-0.15, -0.1) is 0 Å². The van der Waals surface area contributed by atoms with Gasteiger partial charge in [0.1, 0.15) is 41.0 Å². The van der Waals surface area contributed by atoms with Crippen LogP contribution in [-0.2, 0) is 15.8 Å². The fraction of sp³-hybridized carbons (Fsp3) is 0.429. The number of carbonyl (C=O) groups is 2. The van der Waals surface area contributed by atoms with Gasteiger partial charge in [0.15, 0.2) is 0 Å². The number of rotatable bonds is 10. The fourth-order valence-electron chi connectivity index (χ4n) is 6.53. The van der Waals surface area contributed by atoms with E-state index in [0.29, 0.717) is 47.1 Å². The van der Waals surface area contributed by atoms with E-state index in [2.05, 4.69) is 5.32 Å². The topological polar surface area (TPSA) is 141 Å². The lowest BCUT2D eigenvalue weighted by Gasteiger charge is -2.41. The van der Waals surface area contributed by atoms with Crippen LogP contribution in [0.1, 0.15) is 85.1 Å². The van der Waals surface area contributed by atoms with Crippen LogP contribution in [0.4, 0.5) is 4.39 Å². The average Bonchev–Trinajstić information content (AvgIpc) is 3.96. The Morgan fingerprint density at radius 1 is 1.17 bits per heavy atom. The van der Waals surface area contributed by atoms with E-state index in [4.69, 9.17) is 36.9 Å². The molecule has 12 heteroatoms. The van der Waals surface area contributed by atoms with Gasteiger partial charge in [0.25, 0.3) is 5.91 Å². The number of fused-ring (bicyclic) bond motifs is 2. The van der Waals surface area contributed by atoms with Crippen LogP contribution < -0.4 is 20.5 Å². The quantitative estimate of drug-likeness (QED) is 0.214. The van der Waals surface area contributed by atoms with Crippen molar-refractivity contribution in [3.8, 4) is 22.9 Å². The van der Waals surface area contributed by atoms with Crippen LogP contribution in [0.25, 0.3) is 16.8 Å². The number of benzene rings is 1. The van der Waals surface area contributed by atoms with Crippen LogP contribution in [0, 0.1) is 11.7 Å². The molecule has 3 saturated carbocycles. The molecule has 4 N–H and O–H groups in total. The zero-order valence-corrected chi connectivity index (χ0v) is 26.6. The predicted molar refractivity (Wildman–Crippen MR) is 171 cm³/mol. The van der Waals surface area contributed by atoms with E-state index in [0.717, 1.165) is 43.3 Å². The maximum atomic E-state index is 14.7. The first kappa shape index (κ1) is 30.1. The highest BCUT2D eigenvalue weighted by molar-refractivity contribution is 6.30. The summed E-state index contributed by atoms with van der Waals surface area (Å²) >= 11 is 5.97. The first-order chi connectivity index (χ1) is 22.5. The molecule has 1 aromatic carbocycles. The minimum absolute atomic E-state index is 0.0325. The minimum atomic E-state index is -1.61.